The van der Waals surface area contributed by atoms with E-state index < -0.39 is 24.1 Å². The van der Waals surface area contributed by atoms with Crippen molar-refractivity contribution in [1.29, 1.82) is 0 Å². The van der Waals surface area contributed by atoms with Crippen molar-refractivity contribution in [3.63, 3.8) is 0 Å². The van der Waals surface area contributed by atoms with Gasteiger partial charge in [0.05, 0.1) is 17.5 Å². The second-order valence-electron chi connectivity index (χ2n) is 5.44. The zero-order valence-corrected chi connectivity index (χ0v) is 13.5. The summed E-state index contributed by atoms with van der Waals surface area (Å²) in [7, 11) is 0. The maximum Gasteiger partial charge on any atom is 0.416 e. The minimum Gasteiger partial charge on any atom is -0.326 e. The monoisotopic (exact) mass is 364 g/mol. The van der Waals surface area contributed by atoms with E-state index in [0.29, 0.717) is 5.69 Å². The van der Waals surface area contributed by atoms with Gasteiger partial charge in [0.25, 0.3) is 0 Å². The Morgan fingerprint density at radius 3 is 2.68 bits per heavy atom. The third kappa shape index (κ3) is 4.09. The molecule has 1 heterocycles. The van der Waals surface area contributed by atoms with Crippen molar-refractivity contribution in [3.05, 3.63) is 70.9 Å². The molecule has 0 spiro atoms. The van der Waals surface area contributed by atoms with Crippen LogP contribution in [0, 0.1) is 0 Å². The van der Waals surface area contributed by atoms with Gasteiger partial charge in [0.1, 0.15) is 0 Å². The molecule has 0 aliphatic heterocycles. The lowest BCUT2D eigenvalue weighted by Crippen LogP contribution is -2.18. The highest BCUT2D eigenvalue weighted by Gasteiger charge is 2.33. The summed E-state index contributed by atoms with van der Waals surface area (Å²) in [5.74, 6) is -0.559. The van der Waals surface area contributed by atoms with Crippen LogP contribution in [-0.2, 0) is 17.4 Å². The van der Waals surface area contributed by atoms with Gasteiger partial charge in [0.15, 0.2) is 0 Å². The van der Waals surface area contributed by atoms with Gasteiger partial charge in [-0.1, -0.05) is 17.7 Å². The third-order valence-electron chi connectivity index (χ3n) is 3.61. The van der Waals surface area contributed by atoms with Crippen LogP contribution in [0.4, 0.5) is 18.9 Å². The van der Waals surface area contributed by atoms with Gasteiger partial charge >= 0.3 is 6.18 Å². The van der Waals surface area contributed by atoms with Gasteiger partial charge in [-0.05, 0) is 48.0 Å². The maximum absolute atomic E-state index is 13.1. The van der Waals surface area contributed by atoms with Gasteiger partial charge in [-0.2, -0.15) is 13.2 Å². The summed E-state index contributed by atoms with van der Waals surface area (Å²) in [6, 6.07) is 11.9. The molecule has 3 aromatic rings. The number of alkyl halides is 3. The molecule has 0 fully saturated rings. The number of nitrogens with zero attached hydrogens (tertiary/aromatic N) is 1. The predicted molar refractivity (Wildman–Crippen MR) is 90.5 cm³/mol. The van der Waals surface area contributed by atoms with Crippen LogP contribution in [0.5, 0.6) is 0 Å². The molecule has 0 saturated carbocycles. The number of benzene rings is 2. The number of carbonyl (C=O) groups is 1. The molecule has 0 atom stereocenters. The Labute approximate surface area is 146 Å². The normalized spacial score (nSPS) is 11.5. The summed E-state index contributed by atoms with van der Waals surface area (Å²) in [6.07, 6.45) is -3.33. The van der Waals surface area contributed by atoms with E-state index >= 15 is 0 Å². The molecule has 2 aromatic carbocycles. The van der Waals surface area contributed by atoms with E-state index in [2.05, 4.69) is 10.3 Å². The van der Waals surface area contributed by atoms with E-state index in [1.807, 2.05) is 6.07 Å². The first-order valence-electron chi connectivity index (χ1n) is 7.33. The van der Waals surface area contributed by atoms with E-state index in [9.17, 15) is 18.0 Å². The summed E-state index contributed by atoms with van der Waals surface area (Å²) in [6.45, 7) is 0. The van der Waals surface area contributed by atoms with Crippen LogP contribution in [-0.4, -0.2) is 10.9 Å². The second-order valence-corrected chi connectivity index (χ2v) is 5.87. The highest BCUT2D eigenvalue weighted by Crippen LogP contribution is 2.33. The minimum absolute atomic E-state index is 0.146. The number of amides is 1. The molecule has 1 amide bonds. The molecule has 1 aromatic heterocycles. The maximum atomic E-state index is 13.1. The summed E-state index contributed by atoms with van der Waals surface area (Å²) in [5.41, 5.74) is 0.213. The highest BCUT2D eigenvalue weighted by atomic mass is 35.5. The summed E-state index contributed by atoms with van der Waals surface area (Å²) in [4.78, 5) is 16.3. The smallest absolute Gasteiger partial charge is 0.326 e. The summed E-state index contributed by atoms with van der Waals surface area (Å²) < 4.78 is 39.2. The molecule has 25 heavy (non-hydrogen) atoms. The van der Waals surface area contributed by atoms with Crippen LogP contribution < -0.4 is 5.32 Å². The number of pyridine rings is 1. The number of fused-ring (bicyclic) bond motifs is 1. The van der Waals surface area contributed by atoms with Gasteiger partial charge in [0, 0.05) is 22.3 Å². The Morgan fingerprint density at radius 2 is 1.92 bits per heavy atom. The molecular formula is C18H12ClF3N2O. The standard InChI is InChI=1S/C18H12ClF3N2O/c19-13-3-5-15(18(20,21)22)12(8-13)10-17(25)24-14-4-6-16-11(9-14)2-1-7-23-16/h1-9H,10H2,(H,24,25). The number of rotatable bonds is 3. The molecule has 1 N–H and O–H groups in total. The number of carbonyl (C=O) groups excluding carboxylic acids is 1. The minimum atomic E-state index is -4.55. The van der Waals surface area contributed by atoms with E-state index in [-0.39, 0.29) is 10.6 Å². The van der Waals surface area contributed by atoms with Crippen molar-refractivity contribution in [2.75, 3.05) is 5.32 Å². The van der Waals surface area contributed by atoms with Crippen molar-refractivity contribution in [3.8, 4) is 0 Å². The van der Waals surface area contributed by atoms with E-state index in [1.165, 1.54) is 0 Å². The van der Waals surface area contributed by atoms with Crippen LogP contribution in [0.3, 0.4) is 0 Å². The predicted octanol–water partition coefficient (Wildman–Crippen LogP) is 5.09. The Hall–Kier alpha value is -2.60. The number of aromatic nitrogens is 1. The van der Waals surface area contributed by atoms with Crippen molar-refractivity contribution in [2.24, 2.45) is 0 Å². The van der Waals surface area contributed by atoms with E-state index in [1.54, 1.807) is 30.5 Å². The number of hydrogen-bond donors (Lipinski definition) is 1. The average molecular weight is 365 g/mol. The molecule has 3 nitrogen and oxygen atoms in total. The SMILES string of the molecule is O=C(Cc1cc(Cl)ccc1C(F)(F)F)Nc1ccc2ncccc2c1. The molecule has 0 unspecified atom stereocenters. The largest absolute Gasteiger partial charge is 0.416 e. The molecule has 128 valence electrons. The van der Waals surface area contributed by atoms with Crippen LogP contribution in [0.15, 0.2) is 54.7 Å². The Kier molecular flexibility index (Phi) is 4.63. The van der Waals surface area contributed by atoms with Gasteiger partial charge in [-0.25, -0.2) is 0 Å². The van der Waals surface area contributed by atoms with E-state index in [4.69, 9.17) is 11.6 Å². The number of hydrogen-bond acceptors (Lipinski definition) is 2. The fourth-order valence-electron chi connectivity index (χ4n) is 2.52. The Bertz CT molecular complexity index is 941. The molecule has 0 radical (unpaired) electrons. The zero-order valence-electron chi connectivity index (χ0n) is 12.8. The summed E-state index contributed by atoms with van der Waals surface area (Å²) in [5, 5.41) is 3.57. The fourth-order valence-corrected chi connectivity index (χ4v) is 2.71. The first-order valence-corrected chi connectivity index (χ1v) is 7.71. The lowest BCUT2D eigenvalue weighted by molar-refractivity contribution is -0.138. The summed E-state index contributed by atoms with van der Waals surface area (Å²) >= 11 is 5.77. The van der Waals surface area contributed by atoms with Gasteiger partial charge < -0.3 is 5.32 Å². The van der Waals surface area contributed by atoms with Crippen molar-refractivity contribution < 1.29 is 18.0 Å². The average Bonchev–Trinajstić information content (AvgIpc) is 2.53. The molecule has 0 saturated heterocycles. The third-order valence-corrected chi connectivity index (χ3v) is 3.85. The van der Waals surface area contributed by atoms with Crippen LogP contribution in [0.2, 0.25) is 5.02 Å². The highest BCUT2D eigenvalue weighted by molar-refractivity contribution is 6.30. The van der Waals surface area contributed by atoms with Crippen LogP contribution >= 0.6 is 11.6 Å². The second kappa shape index (κ2) is 6.72. The number of nitrogens with one attached hydrogen (secondary N) is 1. The molecule has 0 aliphatic carbocycles. The van der Waals surface area contributed by atoms with E-state index in [0.717, 1.165) is 29.1 Å². The lowest BCUT2D eigenvalue weighted by Gasteiger charge is -2.13. The quantitative estimate of drug-likeness (QED) is 0.703. The van der Waals surface area contributed by atoms with Crippen molar-refractivity contribution in [2.45, 2.75) is 12.6 Å². The van der Waals surface area contributed by atoms with Crippen molar-refractivity contribution in [1.82, 2.24) is 4.98 Å². The molecular weight excluding hydrogens is 353 g/mol. The molecule has 0 aliphatic rings. The molecule has 3 rings (SSSR count). The van der Waals surface area contributed by atoms with Crippen LogP contribution in [0.25, 0.3) is 10.9 Å². The Morgan fingerprint density at radius 1 is 1.12 bits per heavy atom. The Balaban J connectivity index is 1.81. The van der Waals surface area contributed by atoms with Gasteiger partial charge in [0.2, 0.25) is 5.91 Å². The molecule has 0 bridgehead atoms. The number of halogens is 4. The first kappa shape index (κ1) is 17.2. The lowest BCUT2D eigenvalue weighted by atomic mass is 10.0. The van der Waals surface area contributed by atoms with Crippen LogP contribution in [0.1, 0.15) is 11.1 Å². The zero-order chi connectivity index (χ0) is 18.0. The topological polar surface area (TPSA) is 42.0 Å². The number of anilines is 1. The van der Waals surface area contributed by atoms with Gasteiger partial charge in [-0.15, -0.1) is 0 Å². The molecule has 7 heteroatoms. The fraction of sp³-hybridized carbons (Fsp3) is 0.111. The van der Waals surface area contributed by atoms with Gasteiger partial charge in [-0.3, -0.25) is 9.78 Å². The first-order chi connectivity index (χ1) is 11.8. The van der Waals surface area contributed by atoms with Crippen molar-refractivity contribution >= 4 is 34.1 Å².